The third-order valence-electron chi connectivity index (χ3n) is 12.6. The number of nitrogens with one attached hydrogen (secondary N) is 2. The quantitative estimate of drug-likeness (QED) is 0.188. The van der Waals surface area contributed by atoms with E-state index in [2.05, 4.69) is 65.2 Å². The molecule has 6 bridgehead atoms. The molecular formula is C47H65N9O6S. The van der Waals surface area contributed by atoms with Gasteiger partial charge in [-0.15, -0.1) is 11.3 Å². The van der Waals surface area contributed by atoms with Crippen LogP contribution >= 0.6 is 11.3 Å². The Labute approximate surface area is 375 Å². The molecule has 2 N–H and O–H groups in total. The van der Waals surface area contributed by atoms with Gasteiger partial charge in [0.1, 0.15) is 18.1 Å². The van der Waals surface area contributed by atoms with Gasteiger partial charge in [0.05, 0.1) is 34.8 Å². The highest BCUT2D eigenvalue weighted by Crippen LogP contribution is 2.42. The van der Waals surface area contributed by atoms with E-state index in [1.807, 2.05) is 46.3 Å². The van der Waals surface area contributed by atoms with E-state index in [1.165, 1.54) is 21.2 Å². The summed E-state index contributed by atoms with van der Waals surface area (Å²) in [6, 6.07) is 7.63. The molecule has 0 aliphatic carbocycles. The second-order valence-electron chi connectivity index (χ2n) is 18.9. The van der Waals surface area contributed by atoms with Gasteiger partial charge in [0.15, 0.2) is 0 Å². The summed E-state index contributed by atoms with van der Waals surface area (Å²) in [4.78, 5) is 71.8. The molecule has 1 aromatic carbocycles. The molecule has 0 saturated carbocycles. The Morgan fingerprint density at radius 2 is 1.89 bits per heavy atom. The molecule has 3 aromatic heterocycles. The van der Waals surface area contributed by atoms with Crippen molar-refractivity contribution in [3.05, 3.63) is 58.2 Å². The van der Waals surface area contributed by atoms with Gasteiger partial charge >= 0.3 is 12.0 Å². The summed E-state index contributed by atoms with van der Waals surface area (Å²) < 4.78 is 14.2. The van der Waals surface area contributed by atoms with Crippen molar-refractivity contribution in [3.8, 4) is 22.5 Å². The van der Waals surface area contributed by atoms with Crippen LogP contribution in [0.15, 0.2) is 41.9 Å². The highest BCUT2D eigenvalue weighted by molar-refractivity contribution is 7.10. The molecule has 7 rings (SSSR count). The number of carbonyl (C=O) groups excluding carboxylic acids is 4. The van der Waals surface area contributed by atoms with Gasteiger partial charge in [0.2, 0.25) is 5.91 Å². The fourth-order valence-electron chi connectivity index (χ4n) is 9.45. The van der Waals surface area contributed by atoms with E-state index in [1.54, 1.807) is 25.3 Å². The number of hydrazine groups is 1. The molecule has 6 heterocycles. The van der Waals surface area contributed by atoms with E-state index in [0.29, 0.717) is 56.4 Å². The maximum atomic E-state index is 14.6. The van der Waals surface area contributed by atoms with E-state index in [9.17, 15) is 19.2 Å². The predicted molar refractivity (Wildman–Crippen MR) is 245 cm³/mol. The van der Waals surface area contributed by atoms with Crippen LogP contribution in [-0.4, -0.2) is 137 Å². The molecule has 16 heteroatoms. The van der Waals surface area contributed by atoms with Crippen molar-refractivity contribution in [1.29, 1.82) is 0 Å². The van der Waals surface area contributed by atoms with Gasteiger partial charge < -0.3 is 34.1 Å². The number of urea groups is 1. The molecule has 2 fully saturated rings. The number of methoxy groups -OCH3 is 1. The summed E-state index contributed by atoms with van der Waals surface area (Å²) in [5.41, 5.74) is 9.40. The number of pyridine rings is 1. The van der Waals surface area contributed by atoms with Crippen LogP contribution in [-0.2, 0) is 43.2 Å². The lowest BCUT2D eigenvalue weighted by molar-refractivity contribution is -0.155. The minimum Gasteiger partial charge on any atom is -0.464 e. The minimum absolute atomic E-state index is 0.114. The number of thiazole rings is 1. The number of carbonyl (C=O) groups is 4. The number of esters is 1. The van der Waals surface area contributed by atoms with Crippen molar-refractivity contribution in [2.24, 2.45) is 17.3 Å². The Hall–Kier alpha value is -4.90. The number of likely N-dealkylation sites (tertiary alicyclic amines) is 1. The van der Waals surface area contributed by atoms with Gasteiger partial charge in [-0.25, -0.2) is 15.2 Å². The van der Waals surface area contributed by atoms with Crippen molar-refractivity contribution in [2.75, 3.05) is 61.0 Å². The second-order valence-corrected chi connectivity index (χ2v) is 19.8. The van der Waals surface area contributed by atoms with Crippen LogP contribution in [0.4, 0.5) is 4.79 Å². The third-order valence-corrected chi connectivity index (χ3v) is 13.5. The van der Waals surface area contributed by atoms with Gasteiger partial charge in [-0.05, 0) is 83.0 Å². The lowest BCUT2D eigenvalue weighted by atomic mass is 9.84. The van der Waals surface area contributed by atoms with E-state index in [-0.39, 0.29) is 37.0 Å². The topological polar surface area (TPSA) is 154 Å². The van der Waals surface area contributed by atoms with Crippen LogP contribution in [0.5, 0.6) is 0 Å². The molecule has 4 amide bonds. The summed E-state index contributed by atoms with van der Waals surface area (Å²) in [7, 11) is 7.38. The molecule has 4 atom stereocenters. The zero-order valence-electron chi connectivity index (χ0n) is 38.6. The maximum absolute atomic E-state index is 14.6. The highest BCUT2D eigenvalue weighted by atomic mass is 32.1. The van der Waals surface area contributed by atoms with E-state index in [0.717, 1.165) is 51.2 Å². The molecule has 63 heavy (non-hydrogen) atoms. The maximum Gasteiger partial charge on any atom is 0.324 e. The Morgan fingerprint density at radius 1 is 1.13 bits per heavy atom. The monoisotopic (exact) mass is 883 g/mol. The van der Waals surface area contributed by atoms with Crippen molar-refractivity contribution < 1.29 is 28.7 Å². The molecule has 0 radical (unpaired) electrons. The zero-order chi connectivity index (χ0) is 45.3. The van der Waals surface area contributed by atoms with Crippen LogP contribution in [0.25, 0.3) is 33.4 Å². The third kappa shape index (κ3) is 9.79. The van der Waals surface area contributed by atoms with Crippen LogP contribution in [0.3, 0.4) is 0 Å². The van der Waals surface area contributed by atoms with Gasteiger partial charge in [-0.1, -0.05) is 33.8 Å². The van der Waals surface area contributed by atoms with Crippen LogP contribution in [0.2, 0.25) is 0 Å². The van der Waals surface area contributed by atoms with Crippen molar-refractivity contribution in [3.63, 3.8) is 0 Å². The van der Waals surface area contributed by atoms with Crippen molar-refractivity contribution in [2.45, 2.75) is 98.0 Å². The molecule has 1 unspecified atom stereocenters. The molecule has 340 valence electrons. The summed E-state index contributed by atoms with van der Waals surface area (Å²) in [5.74, 6) is -1.12. The van der Waals surface area contributed by atoms with Gasteiger partial charge in [-0.2, -0.15) is 0 Å². The number of hydrogen-bond donors (Lipinski definition) is 2. The van der Waals surface area contributed by atoms with E-state index >= 15 is 0 Å². The summed E-state index contributed by atoms with van der Waals surface area (Å²) in [6.07, 6.45) is 3.31. The lowest BCUT2D eigenvalue weighted by Crippen LogP contribution is -2.63. The summed E-state index contributed by atoms with van der Waals surface area (Å²) >= 11 is 1.43. The first kappa shape index (κ1) is 46.1. The van der Waals surface area contributed by atoms with Crippen molar-refractivity contribution in [1.82, 2.24) is 45.0 Å². The van der Waals surface area contributed by atoms with Gasteiger partial charge in [-0.3, -0.25) is 24.4 Å². The molecule has 2 saturated heterocycles. The van der Waals surface area contributed by atoms with Crippen LogP contribution < -0.4 is 10.7 Å². The minimum atomic E-state index is -1.03. The fraction of sp³-hybridized carbons (Fsp3) is 0.574. The second kappa shape index (κ2) is 19.1. The van der Waals surface area contributed by atoms with E-state index in [4.69, 9.17) is 19.4 Å². The smallest absolute Gasteiger partial charge is 0.324 e. The van der Waals surface area contributed by atoms with E-state index < -0.39 is 35.4 Å². The normalized spacial score (nSPS) is 20.6. The summed E-state index contributed by atoms with van der Waals surface area (Å²) in [5, 5.41) is 8.22. The Bertz CT molecular complexity index is 2320. The molecule has 4 aromatic rings. The number of amides is 4. The number of aryl methyl sites for hydroxylation is 1. The van der Waals surface area contributed by atoms with Crippen LogP contribution in [0, 0.1) is 17.3 Å². The number of hydrogen-bond acceptors (Lipinski definition) is 11. The summed E-state index contributed by atoms with van der Waals surface area (Å²) in [6.45, 7) is 15.5. The molecule has 3 aliphatic rings. The molecule has 0 spiro atoms. The molecular weight excluding hydrogens is 819 g/mol. The lowest BCUT2D eigenvalue weighted by Gasteiger charge is -2.44. The zero-order valence-corrected chi connectivity index (χ0v) is 39.4. The number of cyclic esters (lactones) is 1. The number of ether oxygens (including phenoxy) is 2. The van der Waals surface area contributed by atoms with Gasteiger partial charge in [0, 0.05) is 98.2 Å². The largest absolute Gasteiger partial charge is 0.464 e. The first-order valence-electron chi connectivity index (χ1n) is 22.3. The van der Waals surface area contributed by atoms with Crippen LogP contribution in [0.1, 0.15) is 76.8 Å². The average Bonchev–Trinajstić information content (AvgIpc) is 3.84. The number of fused-ring (bicyclic) bond motifs is 6. The SMILES string of the molecule is CCn1c(-c2cccnc2[C@H](C)OC)c2c3cc(ccc31)-c1csc(n1)C[C@H](NC(=O)C(C(C)C)N(C)C(=O)N1CC(CN(C)C)C1)C(=O)N1CCC[C@H](N1)C(=O)OCC(C)(C)C2. The van der Waals surface area contributed by atoms with Gasteiger partial charge in [0.25, 0.3) is 5.91 Å². The fourth-order valence-corrected chi connectivity index (χ4v) is 10.3. The first-order chi connectivity index (χ1) is 30.0. The molecule has 3 aliphatic heterocycles. The number of likely N-dealkylation sites (N-methyl/N-ethyl adjacent to an activating group) is 1. The molecule has 15 nitrogen and oxygen atoms in total. The van der Waals surface area contributed by atoms with Crippen molar-refractivity contribution >= 4 is 46.1 Å². The number of rotatable bonds is 10. The highest BCUT2D eigenvalue weighted by Gasteiger charge is 2.40. The first-order valence-corrected chi connectivity index (χ1v) is 23.2. The Kier molecular flexibility index (Phi) is 13.9. The number of benzene rings is 1. The average molecular weight is 884 g/mol. The number of aromatic nitrogens is 3. The Balaban J connectivity index is 1.26. The Morgan fingerprint density at radius 3 is 2.59 bits per heavy atom. The predicted octanol–water partition coefficient (Wildman–Crippen LogP) is 5.77. The standard InChI is InChI=1S/C47H65N9O6S/c1-11-55-38-17-16-31-20-33(38)34(42(55)32-14-12-18-48-40(32)29(4)61-10)22-47(5,6)27-62-45(59)35-15-13-19-56(51-35)44(58)36(21-39-49-37(31)26-63-39)50-43(57)41(28(2)3)53(9)46(60)54-24-30(25-54)23-52(7)8/h12,14,16-18,20,26,28-30,35-36,41,51H,11,13,15,19,21-25,27H2,1-10H3,(H,50,57)/t29-,35-,36-,41?/m0/s1. The number of nitrogens with zero attached hydrogens (tertiary/aromatic N) is 7.